The number of hydrogen-bond acceptors (Lipinski definition) is 3. The lowest BCUT2D eigenvalue weighted by Crippen LogP contribution is -2.29. The minimum absolute atomic E-state index is 0.154. The maximum Gasteiger partial charge on any atom is 0.335 e. The summed E-state index contributed by atoms with van der Waals surface area (Å²) in [6, 6.07) is 3.34. The van der Waals surface area contributed by atoms with Crippen LogP contribution >= 0.6 is 0 Å². The molecule has 1 aliphatic rings. The first-order valence-corrected chi connectivity index (χ1v) is 7.05. The molecule has 1 aromatic rings. The number of hydrogen-bond donors (Lipinski definition) is 1. The molecule has 1 aromatic carbocycles. The van der Waals surface area contributed by atoms with Gasteiger partial charge in [0.1, 0.15) is 11.9 Å². The minimum Gasteiger partial charge on any atom is -0.490 e. The van der Waals surface area contributed by atoms with E-state index in [2.05, 4.69) is 0 Å². The number of aromatic carboxylic acids is 1. The standard InChI is InChI=1S/C16H22O4/c1-10-7-12(16(17)18)8-11(2)15(10)20-14-6-4-5-13(9-14)19-3/h7-8,13-14H,4-6,9H2,1-3H3,(H,17,18). The number of carbonyl (C=O) groups is 1. The van der Waals surface area contributed by atoms with Crippen LogP contribution in [-0.4, -0.2) is 30.4 Å². The number of carboxylic acids is 1. The predicted molar refractivity (Wildman–Crippen MR) is 76.6 cm³/mol. The van der Waals surface area contributed by atoms with E-state index < -0.39 is 5.97 Å². The predicted octanol–water partition coefficient (Wildman–Crippen LogP) is 3.34. The van der Waals surface area contributed by atoms with Crippen LogP contribution in [0, 0.1) is 13.8 Å². The van der Waals surface area contributed by atoms with Gasteiger partial charge in [0, 0.05) is 13.5 Å². The van der Waals surface area contributed by atoms with Gasteiger partial charge in [-0.15, -0.1) is 0 Å². The molecule has 2 atom stereocenters. The highest BCUT2D eigenvalue weighted by Gasteiger charge is 2.24. The Morgan fingerprint density at radius 2 is 1.80 bits per heavy atom. The second kappa shape index (κ2) is 6.27. The molecule has 1 fully saturated rings. The minimum atomic E-state index is -0.903. The Kier molecular flexibility index (Phi) is 4.65. The van der Waals surface area contributed by atoms with Gasteiger partial charge in [0.2, 0.25) is 0 Å². The van der Waals surface area contributed by atoms with Crippen molar-refractivity contribution in [3.63, 3.8) is 0 Å². The van der Waals surface area contributed by atoms with E-state index in [1.54, 1.807) is 19.2 Å². The van der Waals surface area contributed by atoms with Crippen molar-refractivity contribution in [3.8, 4) is 5.75 Å². The third-order valence-corrected chi connectivity index (χ3v) is 3.90. The molecule has 4 nitrogen and oxygen atoms in total. The van der Waals surface area contributed by atoms with Crippen molar-refractivity contribution >= 4 is 5.97 Å². The normalized spacial score (nSPS) is 22.6. The molecule has 0 bridgehead atoms. The smallest absolute Gasteiger partial charge is 0.335 e. The molecule has 0 aromatic heterocycles. The van der Waals surface area contributed by atoms with Crippen LogP contribution in [0.3, 0.4) is 0 Å². The SMILES string of the molecule is COC1CCCC(Oc2c(C)cc(C(=O)O)cc2C)C1. The van der Waals surface area contributed by atoms with Crippen molar-refractivity contribution in [2.75, 3.05) is 7.11 Å². The largest absolute Gasteiger partial charge is 0.490 e. The zero-order valence-corrected chi connectivity index (χ0v) is 12.3. The topological polar surface area (TPSA) is 55.8 Å². The van der Waals surface area contributed by atoms with E-state index in [4.69, 9.17) is 14.6 Å². The molecule has 2 rings (SSSR count). The van der Waals surface area contributed by atoms with Crippen LogP contribution in [0.5, 0.6) is 5.75 Å². The van der Waals surface area contributed by atoms with E-state index in [-0.39, 0.29) is 12.2 Å². The highest BCUT2D eigenvalue weighted by molar-refractivity contribution is 5.88. The molecule has 2 unspecified atom stereocenters. The quantitative estimate of drug-likeness (QED) is 0.917. The molecule has 1 N–H and O–H groups in total. The summed E-state index contributed by atoms with van der Waals surface area (Å²) in [6.07, 6.45) is 4.55. The molecule has 1 saturated carbocycles. The Labute approximate surface area is 119 Å². The first-order chi connectivity index (χ1) is 9.51. The fourth-order valence-electron chi connectivity index (χ4n) is 2.85. The average molecular weight is 278 g/mol. The van der Waals surface area contributed by atoms with E-state index in [9.17, 15) is 4.79 Å². The molecule has 0 aliphatic heterocycles. The van der Waals surface area contributed by atoms with Crippen LogP contribution in [0.2, 0.25) is 0 Å². The van der Waals surface area contributed by atoms with Gasteiger partial charge in [-0.2, -0.15) is 0 Å². The third kappa shape index (κ3) is 3.31. The number of ether oxygens (including phenoxy) is 2. The second-order valence-corrected chi connectivity index (χ2v) is 5.51. The molecule has 0 saturated heterocycles. The summed E-state index contributed by atoms with van der Waals surface area (Å²) < 4.78 is 11.5. The number of rotatable bonds is 4. The van der Waals surface area contributed by atoms with Crippen LogP contribution in [0.4, 0.5) is 0 Å². The monoisotopic (exact) mass is 278 g/mol. The van der Waals surface area contributed by atoms with E-state index in [0.29, 0.717) is 5.56 Å². The van der Waals surface area contributed by atoms with Gasteiger partial charge in [-0.3, -0.25) is 0 Å². The average Bonchev–Trinajstić information content (AvgIpc) is 2.42. The summed E-state index contributed by atoms with van der Waals surface area (Å²) in [5.41, 5.74) is 2.06. The third-order valence-electron chi connectivity index (χ3n) is 3.90. The van der Waals surface area contributed by atoms with Crippen molar-refractivity contribution in [1.82, 2.24) is 0 Å². The van der Waals surface area contributed by atoms with E-state index in [1.165, 1.54) is 0 Å². The van der Waals surface area contributed by atoms with Gasteiger partial charge >= 0.3 is 5.97 Å². The van der Waals surface area contributed by atoms with Gasteiger partial charge < -0.3 is 14.6 Å². The Morgan fingerprint density at radius 1 is 1.20 bits per heavy atom. The van der Waals surface area contributed by atoms with Gasteiger partial charge in [-0.1, -0.05) is 0 Å². The van der Waals surface area contributed by atoms with E-state index in [1.807, 2.05) is 13.8 Å². The summed E-state index contributed by atoms with van der Waals surface area (Å²) in [4.78, 5) is 11.0. The van der Waals surface area contributed by atoms with Crippen molar-refractivity contribution in [2.24, 2.45) is 0 Å². The molecule has 20 heavy (non-hydrogen) atoms. The van der Waals surface area contributed by atoms with Gasteiger partial charge in [0.15, 0.2) is 0 Å². The van der Waals surface area contributed by atoms with Crippen molar-refractivity contribution in [3.05, 3.63) is 28.8 Å². The molecular weight excluding hydrogens is 256 g/mol. The molecule has 0 spiro atoms. The van der Waals surface area contributed by atoms with Gasteiger partial charge in [0.05, 0.1) is 11.7 Å². The van der Waals surface area contributed by atoms with E-state index in [0.717, 1.165) is 42.6 Å². The fourth-order valence-corrected chi connectivity index (χ4v) is 2.85. The fraction of sp³-hybridized carbons (Fsp3) is 0.562. The molecule has 0 heterocycles. The van der Waals surface area contributed by atoms with Crippen molar-refractivity contribution in [2.45, 2.75) is 51.7 Å². The highest BCUT2D eigenvalue weighted by atomic mass is 16.5. The molecule has 4 heteroatoms. The lowest BCUT2D eigenvalue weighted by Gasteiger charge is -2.29. The van der Waals surface area contributed by atoms with Crippen molar-refractivity contribution in [1.29, 1.82) is 0 Å². The highest BCUT2D eigenvalue weighted by Crippen LogP contribution is 2.30. The maximum absolute atomic E-state index is 11.0. The van der Waals surface area contributed by atoms with Gasteiger partial charge in [-0.25, -0.2) is 4.79 Å². The van der Waals surface area contributed by atoms with Crippen LogP contribution < -0.4 is 4.74 Å². The summed E-state index contributed by atoms with van der Waals surface area (Å²) in [6.45, 7) is 3.79. The molecular formula is C16H22O4. The van der Waals surface area contributed by atoms with Crippen LogP contribution in [0.1, 0.15) is 47.2 Å². The Balaban J connectivity index is 2.15. The Hall–Kier alpha value is -1.55. The number of aryl methyl sites for hydroxylation is 2. The van der Waals surface area contributed by atoms with E-state index >= 15 is 0 Å². The number of carboxylic acid groups (broad SMARTS) is 1. The molecule has 0 radical (unpaired) electrons. The molecule has 110 valence electrons. The Morgan fingerprint density at radius 3 is 2.35 bits per heavy atom. The first-order valence-electron chi connectivity index (χ1n) is 7.05. The summed E-state index contributed by atoms with van der Waals surface area (Å²) in [5.74, 6) is -0.0865. The lowest BCUT2D eigenvalue weighted by molar-refractivity contribution is 0.0205. The first kappa shape index (κ1) is 14.9. The second-order valence-electron chi connectivity index (χ2n) is 5.51. The summed E-state index contributed by atoms with van der Waals surface area (Å²) in [7, 11) is 1.74. The number of methoxy groups -OCH3 is 1. The van der Waals surface area contributed by atoms with Crippen molar-refractivity contribution < 1.29 is 19.4 Å². The summed E-state index contributed by atoms with van der Waals surface area (Å²) >= 11 is 0. The maximum atomic E-state index is 11.0. The number of benzene rings is 1. The summed E-state index contributed by atoms with van der Waals surface area (Å²) in [5, 5.41) is 9.06. The lowest BCUT2D eigenvalue weighted by atomic mass is 9.94. The van der Waals surface area contributed by atoms with Gasteiger partial charge in [-0.05, 0) is 56.4 Å². The zero-order valence-electron chi connectivity index (χ0n) is 12.3. The van der Waals surface area contributed by atoms with Crippen LogP contribution in [0.25, 0.3) is 0 Å². The van der Waals surface area contributed by atoms with Gasteiger partial charge in [0.25, 0.3) is 0 Å². The molecule has 1 aliphatic carbocycles. The van der Waals surface area contributed by atoms with Crippen LogP contribution in [0.15, 0.2) is 12.1 Å². The zero-order chi connectivity index (χ0) is 14.7. The van der Waals surface area contributed by atoms with Crippen LogP contribution in [-0.2, 0) is 4.74 Å². The molecule has 0 amide bonds. The Bertz CT molecular complexity index is 472.